The maximum atomic E-state index is 12.2. The largest absolute Gasteiger partial charge is 0.501 e. The molecule has 1 heterocycles. The molecule has 0 atom stereocenters. The molecule has 3 amide bonds. The second-order valence-corrected chi connectivity index (χ2v) is 9.14. The van der Waals surface area contributed by atoms with Gasteiger partial charge in [0.05, 0.1) is 19.4 Å². The summed E-state index contributed by atoms with van der Waals surface area (Å²) in [6, 6.07) is -0.0728. The van der Waals surface area contributed by atoms with Crippen LogP contribution in [0.25, 0.3) is 0 Å². The minimum atomic E-state index is -1.75. The summed E-state index contributed by atoms with van der Waals surface area (Å²) >= 11 is 0. The topological polar surface area (TPSA) is 121 Å². The first-order chi connectivity index (χ1) is 18.5. The van der Waals surface area contributed by atoms with E-state index in [4.69, 9.17) is 9.47 Å². The molecule has 0 spiro atoms. The lowest BCUT2D eigenvalue weighted by Gasteiger charge is -2.33. The molecule has 1 fully saturated rings. The summed E-state index contributed by atoms with van der Waals surface area (Å²) in [7, 11) is 1.69. The molecule has 0 unspecified atom stereocenters. The third-order valence-corrected chi connectivity index (χ3v) is 4.92. The molecule has 2 aliphatic rings. The van der Waals surface area contributed by atoms with Gasteiger partial charge in [-0.25, -0.2) is 13.6 Å². The third-order valence-electron chi connectivity index (χ3n) is 4.92. The number of hydrogen-bond acceptors (Lipinski definition) is 7. The summed E-state index contributed by atoms with van der Waals surface area (Å²) in [6.07, 6.45) is 11.5. The number of methoxy groups -OCH3 is 1. The Morgan fingerprint density at radius 1 is 1.28 bits per heavy atom. The van der Waals surface area contributed by atoms with Gasteiger partial charge in [0, 0.05) is 31.8 Å². The van der Waals surface area contributed by atoms with Crippen LogP contribution in [-0.4, -0.2) is 74.3 Å². The molecular weight excluding hydrogens is 512 g/mol. The van der Waals surface area contributed by atoms with Gasteiger partial charge >= 0.3 is 6.09 Å². The van der Waals surface area contributed by atoms with Crippen LogP contribution in [0.1, 0.15) is 47.0 Å². The van der Waals surface area contributed by atoms with Crippen molar-refractivity contribution >= 4 is 24.1 Å². The first-order valence-corrected chi connectivity index (χ1v) is 12.3. The number of rotatable bonds is 8. The van der Waals surface area contributed by atoms with Crippen molar-refractivity contribution in [1.29, 1.82) is 0 Å². The molecule has 12 heteroatoms. The van der Waals surface area contributed by atoms with Crippen LogP contribution in [0.5, 0.6) is 0 Å². The average molecular weight is 554 g/mol. The third kappa shape index (κ3) is 17.3. The number of nitrogens with one attached hydrogen (secondary N) is 3. The Labute approximate surface area is 229 Å². The maximum absolute atomic E-state index is 12.2. The number of allylic oxidation sites excluding steroid dienone is 4. The number of amides is 3. The number of nitrogens with zero attached hydrogens (tertiary/aromatic N) is 2. The van der Waals surface area contributed by atoms with Crippen molar-refractivity contribution in [2.75, 3.05) is 33.7 Å². The van der Waals surface area contributed by atoms with Gasteiger partial charge in [0.25, 0.3) is 5.91 Å². The van der Waals surface area contributed by atoms with E-state index in [1.54, 1.807) is 12.0 Å². The Hall–Kier alpha value is -3.92. The smallest absolute Gasteiger partial charge is 0.410 e. The summed E-state index contributed by atoms with van der Waals surface area (Å²) in [4.78, 5) is 36.3. The number of likely N-dealkylation sites (tertiary alicyclic amines) is 1. The first-order valence-electron chi connectivity index (χ1n) is 12.3. The Balaban J connectivity index is 0.000000849. The fraction of sp³-hybridized carbons (Fsp3) is 0.519. The average Bonchev–Trinajstić information content (AvgIpc) is 2.86. The Morgan fingerprint density at radius 2 is 1.92 bits per heavy atom. The highest BCUT2D eigenvalue weighted by molar-refractivity contribution is 6.39. The quantitative estimate of drug-likeness (QED) is 0.182. The summed E-state index contributed by atoms with van der Waals surface area (Å²) in [5.41, 5.74) is 6.34. The fourth-order valence-corrected chi connectivity index (χ4v) is 3.12. The number of carbonyl (C=O) groups excluding carboxylic acids is 3. The molecule has 0 radical (unpaired) electrons. The molecule has 0 bridgehead atoms. The molecule has 0 aromatic carbocycles. The molecule has 218 valence electrons. The van der Waals surface area contributed by atoms with Gasteiger partial charge in [0.2, 0.25) is 13.3 Å². The molecular formula is C27H41F2N5O5. The van der Waals surface area contributed by atoms with E-state index in [0.717, 1.165) is 17.8 Å². The minimum absolute atomic E-state index is 0.00687. The molecule has 0 aromatic rings. The Morgan fingerprint density at radius 3 is 2.46 bits per heavy atom. The van der Waals surface area contributed by atoms with Crippen LogP contribution in [0.3, 0.4) is 0 Å². The molecule has 1 aliphatic heterocycles. The van der Waals surface area contributed by atoms with Gasteiger partial charge in [-0.1, -0.05) is 18.7 Å². The zero-order valence-electron chi connectivity index (χ0n) is 23.4. The lowest BCUT2D eigenvalue weighted by molar-refractivity contribution is -0.115. The van der Waals surface area contributed by atoms with Gasteiger partial charge < -0.3 is 25.0 Å². The van der Waals surface area contributed by atoms with E-state index in [-0.39, 0.29) is 30.3 Å². The van der Waals surface area contributed by atoms with Crippen LogP contribution in [-0.2, 0) is 19.1 Å². The van der Waals surface area contributed by atoms with Crippen LogP contribution in [0.15, 0.2) is 59.2 Å². The van der Waals surface area contributed by atoms with E-state index in [1.807, 2.05) is 45.9 Å². The van der Waals surface area contributed by atoms with Gasteiger partial charge in [0.15, 0.2) is 0 Å². The van der Waals surface area contributed by atoms with Crippen LogP contribution >= 0.6 is 0 Å². The van der Waals surface area contributed by atoms with E-state index in [0.29, 0.717) is 32.3 Å². The van der Waals surface area contributed by atoms with E-state index in [2.05, 4.69) is 39.5 Å². The zero-order chi connectivity index (χ0) is 29.7. The highest BCUT2D eigenvalue weighted by Crippen LogP contribution is 2.15. The maximum Gasteiger partial charge on any atom is 0.410 e. The van der Waals surface area contributed by atoms with Gasteiger partial charge in [0.1, 0.15) is 11.3 Å². The number of hydrazone groups is 1. The molecule has 1 aliphatic carbocycles. The monoisotopic (exact) mass is 553 g/mol. The van der Waals surface area contributed by atoms with Crippen molar-refractivity contribution in [3.63, 3.8) is 0 Å². The van der Waals surface area contributed by atoms with Crippen molar-refractivity contribution < 1.29 is 32.6 Å². The van der Waals surface area contributed by atoms with Crippen LogP contribution < -0.4 is 16.1 Å². The zero-order valence-corrected chi connectivity index (χ0v) is 23.4. The van der Waals surface area contributed by atoms with Crippen LogP contribution in [0.2, 0.25) is 0 Å². The van der Waals surface area contributed by atoms with Gasteiger partial charge in [-0.3, -0.25) is 15.0 Å². The Bertz CT molecular complexity index is 943. The van der Waals surface area contributed by atoms with Gasteiger partial charge in [-0.2, -0.15) is 5.10 Å². The van der Waals surface area contributed by atoms with Crippen molar-refractivity contribution in [2.24, 2.45) is 5.10 Å². The van der Waals surface area contributed by atoms with Crippen molar-refractivity contribution in [3.8, 4) is 0 Å². The van der Waals surface area contributed by atoms with E-state index in [9.17, 15) is 23.2 Å². The van der Waals surface area contributed by atoms with Crippen molar-refractivity contribution in [1.82, 2.24) is 21.0 Å². The second-order valence-electron chi connectivity index (χ2n) is 9.14. The van der Waals surface area contributed by atoms with E-state index >= 15 is 0 Å². The molecule has 3 N–H and O–H groups in total. The van der Waals surface area contributed by atoms with Crippen LogP contribution in [0.4, 0.5) is 13.6 Å². The number of alkyl halides is 2. The summed E-state index contributed by atoms with van der Waals surface area (Å²) < 4.78 is 29.7. The molecule has 1 saturated heterocycles. The number of piperidine rings is 1. The Kier molecular flexibility index (Phi) is 18.1. The lowest BCUT2D eigenvalue weighted by Crippen LogP contribution is -2.50. The first kappa shape index (κ1) is 35.1. The summed E-state index contributed by atoms with van der Waals surface area (Å²) in [5, 5.41) is 9.13. The molecule has 2 rings (SSSR count). The van der Waals surface area contributed by atoms with E-state index < -0.39 is 12.5 Å². The summed E-state index contributed by atoms with van der Waals surface area (Å²) in [6.45, 7) is 10.2. The van der Waals surface area contributed by atoms with Gasteiger partial charge in [-0.05, 0) is 58.3 Å². The summed E-state index contributed by atoms with van der Waals surface area (Å²) in [5.74, 6) is 0.598. The molecule has 0 saturated carbocycles. The fourth-order valence-electron chi connectivity index (χ4n) is 3.12. The van der Waals surface area contributed by atoms with Crippen LogP contribution in [0, 0.1) is 0 Å². The molecule has 0 aromatic heterocycles. The number of hydrogen-bond donors (Lipinski definition) is 3. The highest BCUT2D eigenvalue weighted by Gasteiger charge is 2.28. The highest BCUT2D eigenvalue weighted by atomic mass is 19.3. The second kappa shape index (κ2) is 20.1. The number of halogens is 2. The number of carbonyl (C=O) groups is 3. The predicted molar refractivity (Wildman–Crippen MR) is 147 cm³/mol. The molecule has 10 nitrogen and oxygen atoms in total. The van der Waals surface area contributed by atoms with Gasteiger partial charge in [-0.15, -0.1) is 5.73 Å². The molecule has 39 heavy (non-hydrogen) atoms. The predicted octanol–water partition coefficient (Wildman–Crippen LogP) is 3.80. The van der Waals surface area contributed by atoms with Crippen molar-refractivity contribution in [2.45, 2.75) is 58.6 Å². The van der Waals surface area contributed by atoms with E-state index in [1.165, 1.54) is 6.20 Å². The number of ether oxygens (including phenoxy) is 2. The van der Waals surface area contributed by atoms with Crippen molar-refractivity contribution in [3.05, 3.63) is 54.1 Å². The lowest BCUT2D eigenvalue weighted by atomic mass is 10.1. The standard InChI is InChI=1S/C16H27N5O4.C10H12O.CH2F2/c1-5-18-20-13(10-17-11-22)14(23)19-12-6-8-21(9-7-12)15(24)25-16(2,3)4;1-9-5-3-7-10(11-2)8-4-6-9;2-1-3/h5,11-12,18H,1,6-10H2,2-4H3,(H,17,22)(H,19,23);3-5,8H,7H2,1-2H3;1H2/b20-13+;5-3-,10-8+;. The SMILES string of the molecule is C=CN/N=C(\CNC=O)C(=O)NC1CCN(C(=O)OC(C)(C)C)CC1.CO/C1=C/C=C=C(C)/C=C\C1.FCF. The minimum Gasteiger partial charge on any atom is -0.501 e. The normalized spacial score (nSPS) is 17.5.